The molecule has 0 unspecified atom stereocenters. The zero-order valence-corrected chi connectivity index (χ0v) is 4.70. The summed E-state index contributed by atoms with van der Waals surface area (Å²) < 4.78 is 0. The van der Waals surface area contributed by atoms with Crippen LogP contribution in [0.15, 0.2) is 24.3 Å². The second-order valence-corrected chi connectivity index (χ2v) is 1.69. The molecule has 0 atom stereocenters. The van der Waals surface area contributed by atoms with Gasteiger partial charge in [-0.3, -0.25) is 9.90 Å². The predicted octanol–water partition coefficient (Wildman–Crippen LogP) is 1.64. The standard InChI is InChI=1S/C7H5O2/c8-5-6-2-1-3-7(9)4-6/h1-5H. The van der Waals surface area contributed by atoms with Crippen LogP contribution in [-0.2, 0) is 5.11 Å². The van der Waals surface area contributed by atoms with Gasteiger partial charge in [-0.05, 0) is 12.1 Å². The van der Waals surface area contributed by atoms with Crippen LogP contribution in [0.5, 0.6) is 5.75 Å². The SMILES string of the molecule is [O]c1cccc(C=O)c1. The Bertz CT molecular complexity index is 218. The second kappa shape index (κ2) is 2.31. The van der Waals surface area contributed by atoms with Crippen molar-refractivity contribution in [3.63, 3.8) is 0 Å². The van der Waals surface area contributed by atoms with Crippen LogP contribution in [0.2, 0.25) is 0 Å². The molecule has 0 aliphatic carbocycles. The van der Waals surface area contributed by atoms with Gasteiger partial charge in [-0.25, -0.2) is 0 Å². The van der Waals surface area contributed by atoms with E-state index in [0.29, 0.717) is 11.8 Å². The lowest BCUT2D eigenvalue weighted by Crippen LogP contribution is -1.74. The highest BCUT2D eigenvalue weighted by Gasteiger charge is 1.90. The summed E-state index contributed by atoms with van der Waals surface area (Å²) in [7, 11) is 0. The molecule has 1 rings (SSSR count). The van der Waals surface area contributed by atoms with Crippen LogP contribution in [0.3, 0.4) is 0 Å². The van der Waals surface area contributed by atoms with Crippen molar-refractivity contribution in [2.24, 2.45) is 0 Å². The Morgan fingerprint density at radius 3 is 2.56 bits per heavy atom. The fourth-order valence-electron chi connectivity index (χ4n) is 0.588. The van der Waals surface area contributed by atoms with Crippen LogP contribution >= 0.6 is 0 Å². The molecule has 0 saturated heterocycles. The van der Waals surface area contributed by atoms with E-state index in [4.69, 9.17) is 0 Å². The minimum Gasteiger partial charge on any atom is -0.298 e. The smallest absolute Gasteiger partial charge is 0.179 e. The number of carbonyl (C=O) groups is 1. The molecule has 0 N–H and O–H groups in total. The van der Waals surface area contributed by atoms with Crippen molar-refractivity contribution >= 4 is 6.29 Å². The molecule has 0 bridgehead atoms. The molecule has 1 aromatic rings. The molecular formula is C7H5O2. The van der Waals surface area contributed by atoms with E-state index in [1.807, 2.05) is 0 Å². The van der Waals surface area contributed by atoms with Crippen LogP contribution in [0.25, 0.3) is 0 Å². The van der Waals surface area contributed by atoms with Gasteiger partial charge < -0.3 is 0 Å². The molecule has 0 amide bonds. The van der Waals surface area contributed by atoms with Crippen molar-refractivity contribution in [3.8, 4) is 5.75 Å². The van der Waals surface area contributed by atoms with Gasteiger partial charge in [0.15, 0.2) is 5.75 Å². The van der Waals surface area contributed by atoms with Crippen LogP contribution in [0, 0.1) is 0 Å². The van der Waals surface area contributed by atoms with Gasteiger partial charge in [0.25, 0.3) is 0 Å². The van der Waals surface area contributed by atoms with E-state index < -0.39 is 0 Å². The summed E-state index contributed by atoms with van der Waals surface area (Å²) in [5, 5.41) is 10.5. The molecule has 1 radical (unpaired) electrons. The van der Waals surface area contributed by atoms with E-state index in [9.17, 15) is 9.90 Å². The maximum absolute atomic E-state index is 10.5. The molecule has 0 aliphatic rings. The molecule has 0 heterocycles. The summed E-state index contributed by atoms with van der Waals surface area (Å²) in [6.07, 6.45) is 0.654. The van der Waals surface area contributed by atoms with Crippen molar-refractivity contribution in [3.05, 3.63) is 29.8 Å². The third kappa shape index (κ3) is 1.29. The first-order chi connectivity index (χ1) is 4.33. The van der Waals surface area contributed by atoms with E-state index in [-0.39, 0.29) is 5.75 Å². The maximum atomic E-state index is 10.5. The third-order valence-electron chi connectivity index (χ3n) is 0.994. The highest BCUT2D eigenvalue weighted by Crippen LogP contribution is 2.09. The largest absolute Gasteiger partial charge is 0.298 e. The van der Waals surface area contributed by atoms with Crippen molar-refractivity contribution in [1.29, 1.82) is 0 Å². The lowest BCUT2D eigenvalue weighted by atomic mass is 10.2. The highest BCUT2D eigenvalue weighted by atomic mass is 16.3. The van der Waals surface area contributed by atoms with E-state index in [1.165, 1.54) is 12.1 Å². The molecule has 2 nitrogen and oxygen atoms in total. The molecule has 0 aliphatic heterocycles. The number of rotatable bonds is 1. The summed E-state index contributed by atoms with van der Waals surface area (Å²) in [5.74, 6) is -0.125. The molecule has 0 aromatic heterocycles. The molecule has 45 valence electrons. The molecule has 0 saturated carbocycles. The average Bonchev–Trinajstić information content (AvgIpc) is 1.88. The molecule has 1 aromatic carbocycles. The first kappa shape index (κ1) is 5.82. The van der Waals surface area contributed by atoms with Crippen LogP contribution < -0.4 is 0 Å². The number of carbonyl (C=O) groups excluding carboxylic acids is 1. The fraction of sp³-hybridized carbons (Fsp3) is 0. The lowest BCUT2D eigenvalue weighted by Gasteiger charge is -1.86. The minimum absolute atomic E-state index is 0.125. The first-order valence-corrected chi connectivity index (χ1v) is 2.55. The second-order valence-electron chi connectivity index (χ2n) is 1.69. The van der Waals surface area contributed by atoms with Crippen LogP contribution in [-0.4, -0.2) is 6.29 Å². The summed E-state index contributed by atoms with van der Waals surface area (Å²) in [6, 6.07) is 5.86. The highest BCUT2D eigenvalue weighted by molar-refractivity contribution is 5.75. The van der Waals surface area contributed by atoms with Gasteiger partial charge >= 0.3 is 0 Å². The number of benzene rings is 1. The fourth-order valence-corrected chi connectivity index (χ4v) is 0.588. The average molecular weight is 121 g/mol. The van der Waals surface area contributed by atoms with Gasteiger partial charge in [0, 0.05) is 5.56 Å². The molecule has 0 spiro atoms. The summed E-state index contributed by atoms with van der Waals surface area (Å²) in [5.41, 5.74) is 0.433. The quantitative estimate of drug-likeness (QED) is 0.520. The normalized spacial score (nSPS) is 8.89. The van der Waals surface area contributed by atoms with Crippen molar-refractivity contribution in [2.45, 2.75) is 0 Å². The first-order valence-electron chi connectivity index (χ1n) is 2.55. The molecule has 2 heteroatoms. The van der Waals surface area contributed by atoms with Gasteiger partial charge in [-0.15, -0.1) is 0 Å². The number of hydrogen-bond donors (Lipinski definition) is 0. The van der Waals surface area contributed by atoms with Gasteiger partial charge in [0.05, 0.1) is 0 Å². The number of aldehydes is 1. The van der Waals surface area contributed by atoms with E-state index >= 15 is 0 Å². The molecule has 9 heavy (non-hydrogen) atoms. The van der Waals surface area contributed by atoms with E-state index in [1.54, 1.807) is 12.1 Å². The molecular weight excluding hydrogens is 116 g/mol. The predicted molar refractivity (Wildman–Crippen MR) is 32.0 cm³/mol. The zero-order chi connectivity index (χ0) is 6.69. The van der Waals surface area contributed by atoms with Gasteiger partial charge in [-0.1, -0.05) is 12.1 Å². The monoisotopic (exact) mass is 121 g/mol. The third-order valence-corrected chi connectivity index (χ3v) is 0.994. The minimum atomic E-state index is -0.125. The van der Waals surface area contributed by atoms with Gasteiger partial charge in [-0.2, -0.15) is 0 Å². The zero-order valence-electron chi connectivity index (χ0n) is 4.70. The topological polar surface area (TPSA) is 37.0 Å². The Balaban J connectivity index is 3.07. The van der Waals surface area contributed by atoms with Gasteiger partial charge in [0.1, 0.15) is 6.29 Å². The Hall–Kier alpha value is -1.31. The maximum Gasteiger partial charge on any atom is 0.179 e. The summed E-state index contributed by atoms with van der Waals surface area (Å²) >= 11 is 0. The van der Waals surface area contributed by atoms with Crippen LogP contribution in [0.1, 0.15) is 10.4 Å². The van der Waals surface area contributed by atoms with Crippen LogP contribution in [0.4, 0.5) is 0 Å². The lowest BCUT2D eigenvalue weighted by molar-refractivity contribution is 0.112. The van der Waals surface area contributed by atoms with Gasteiger partial charge in [0.2, 0.25) is 0 Å². The molecule has 0 fully saturated rings. The Morgan fingerprint density at radius 1 is 1.33 bits per heavy atom. The van der Waals surface area contributed by atoms with Crippen molar-refractivity contribution < 1.29 is 9.90 Å². The summed E-state index contributed by atoms with van der Waals surface area (Å²) in [6.45, 7) is 0. The van der Waals surface area contributed by atoms with Crippen molar-refractivity contribution in [1.82, 2.24) is 0 Å². The Kier molecular flexibility index (Phi) is 1.49. The number of hydrogen-bond acceptors (Lipinski definition) is 1. The van der Waals surface area contributed by atoms with Crippen molar-refractivity contribution in [2.75, 3.05) is 0 Å². The summed E-state index contributed by atoms with van der Waals surface area (Å²) in [4.78, 5) is 10.0. The Labute approximate surface area is 52.8 Å². The Morgan fingerprint density at radius 2 is 2.11 bits per heavy atom. The van der Waals surface area contributed by atoms with E-state index in [2.05, 4.69) is 0 Å². The van der Waals surface area contributed by atoms with E-state index in [0.717, 1.165) is 0 Å².